The van der Waals surface area contributed by atoms with Crippen LogP contribution in [0, 0.1) is 11.3 Å². The highest BCUT2D eigenvalue weighted by Crippen LogP contribution is 2.34. The van der Waals surface area contributed by atoms with Crippen LogP contribution in [0.3, 0.4) is 0 Å². The molecule has 6 nitrogen and oxygen atoms in total. The zero-order chi connectivity index (χ0) is 13.2. The molecule has 6 heteroatoms. The van der Waals surface area contributed by atoms with Crippen LogP contribution in [0.1, 0.15) is 6.42 Å². The van der Waals surface area contributed by atoms with Crippen molar-refractivity contribution in [2.24, 2.45) is 0 Å². The summed E-state index contributed by atoms with van der Waals surface area (Å²) in [7, 11) is 0. The van der Waals surface area contributed by atoms with Crippen LogP contribution in [0.2, 0.25) is 0 Å². The molecule has 3 rings (SSSR count). The van der Waals surface area contributed by atoms with E-state index in [0.29, 0.717) is 43.4 Å². The van der Waals surface area contributed by atoms with Gasteiger partial charge in [-0.1, -0.05) is 0 Å². The van der Waals surface area contributed by atoms with E-state index >= 15 is 0 Å². The molecule has 2 aliphatic rings. The summed E-state index contributed by atoms with van der Waals surface area (Å²) in [6, 6.07) is 7.24. The van der Waals surface area contributed by atoms with E-state index in [1.54, 1.807) is 18.2 Å². The van der Waals surface area contributed by atoms with Crippen molar-refractivity contribution in [1.29, 1.82) is 5.26 Å². The minimum absolute atomic E-state index is 0.455. The Morgan fingerprint density at radius 1 is 1.26 bits per heavy atom. The van der Waals surface area contributed by atoms with Gasteiger partial charge in [-0.25, -0.2) is 4.79 Å². The van der Waals surface area contributed by atoms with Gasteiger partial charge in [-0.15, -0.1) is 0 Å². The Morgan fingerprint density at radius 2 is 2.05 bits per heavy atom. The third-order valence-electron chi connectivity index (χ3n) is 3.06. The molecule has 1 saturated heterocycles. The van der Waals surface area contributed by atoms with Gasteiger partial charge >= 0.3 is 6.09 Å². The lowest BCUT2D eigenvalue weighted by molar-refractivity contribution is 0.111. The predicted molar refractivity (Wildman–Crippen MR) is 65.3 cm³/mol. The van der Waals surface area contributed by atoms with E-state index in [-0.39, 0.29) is 0 Å². The van der Waals surface area contributed by atoms with Crippen molar-refractivity contribution in [3.8, 4) is 17.6 Å². The van der Waals surface area contributed by atoms with E-state index in [1.165, 1.54) is 4.90 Å². The minimum Gasteiger partial charge on any atom is -0.486 e. The Kier molecular flexibility index (Phi) is 2.88. The number of hydrogen-bond donors (Lipinski definition) is 0. The molecule has 0 radical (unpaired) electrons. The smallest absolute Gasteiger partial charge is 0.415 e. The minimum atomic E-state index is -0.652. The summed E-state index contributed by atoms with van der Waals surface area (Å²) in [5.41, 5.74) is 0.686. The number of nitriles is 1. The topological polar surface area (TPSA) is 71.8 Å². The maximum absolute atomic E-state index is 11.8. The summed E-state index contributed by atoms with van der Waals surface area (Å²) >= 11 is 0. The first-order valence-corrected chi connectivity index (χ1v) is 6.05. The summed E-state index contributed by atoms with van der Waals surface area (Å²) in [4.78, 5) is 13.3. The average Bonchev–Trinajstić information content (AvgIpc) is 2.46. The van der Waals surface area contributed by atoms with Gasteiger partial charge in [0.2, 0.25) is 0 Å². The second kappa shape index (κ2) is 4.69. The predicted octanol–water partition coefficient (Wildman–Crippen LogP) is 1.70. The molecule has 1 amide bonds. The lowest BCUT2D eigenvalue weighted by Crippen LogP contribution is -2.41. The van der Waals surface area contributed by atoms with Gasteiger partial charge in [0.05, 0.1) is 5.69 Å². The third kappa shape index (κ3) is 2.15. The van der Waals surface area contributed by atoms with Crippen LogP contribution in [0.4, 0.5) is 10.5 Å². The standard InChI is InChI=1S/C13H12N2O4/c14-8-10-3-4-15(13(16)19-10)9-1-2-11-12(7-9)18-6-5-17-11/h1-2,7,10H,3-6H2. The maximum Gasteiger partial charge on any atom is 0.415 e. The maximum atomic E-state index is 11.8. The van der Waals surface area contributed by atoms with Crippen LogP contribution in [0.25, 0.3) is 0 Å². The van der Waals surface area contributed by atoms with Crippen molar-refractivity contribution in [3.05, 3.63) is 18.2 Å². The van der Waals surface area contributed by atoms with Gasteiger partial charge in [0.25, 0.3) is 0 Å². The van der Waals surface area contributed by atoms with E-state index in [0.717, 1.165) is 0 Å². The number of fused-ring (bicyclic) bond motifs is 1. The molecule has 2 aliphatic heterocycles. The number of carbonyl (C=O) groups is 1. The van der Waals surface area contributed by atoms with Crippen molar-refractivity contribution in [3.63, 3.8) is 0 Å². The summed E-state index contributed by atoms with van der Waals surface area (Å²) in [5.74, 6) is 1.30. The molecule has 0 bridgehead atoms. The van der Waals surface area contributed by atoms with Crippen LogP contribution in [0.15, 0.2) is 18.2 Å². The Bertz CT molecular complexity index is 552. The van der Waals surface area contributed by atoms with Crippen LogP contribution < -0.4 is 14.4 Å². The van der Waals surface area contributed by atoms with Crippen LogP contribution in [-0.4, -0.2) is 32.0 Å². The molecule has 0 spiro atoms. The fourth-order valence-corrected chi connectivity index (χ4v) is 2.11. The van der Waals surface area contributed by atoms with Crippen LogP contribution in [-0.2, 0) is 4.74 Å². The Labute approximate surface area is 110 Å². The van der Waals surface area contributed by atoms with Crippen LogP contribution >= 0.6 is 0 Å². The second-order valence-electron chi connectivity index (χ2n) is 4.27. The number of carbonyl (C=O) groups excluding carboxylic acids is 1. The Balaban J connectivity index is 1.83. The lowest BCUT2D eigenvalue weighted by atomic mass is 10.2. The average molecular weight is 260 g/mol. The molecule has 0 aromatic heterocycles. The molecule has 2 heterocycles. The first kappa shape index (κ1) is 11.7. The van der Waals surface area contributed by atoms with Crippen molar-refractivity contribution in [1.82, 2.24) is 0 Å². The fourth-order valence-electron chi connectivity index (χ4n) is 2.11. The van der Waals surface area contributed by atoms with Gasteiger partial charge in [-0.05, 0) is 12.1 Å². The SMILES string of the molecule is N#CC1CCN(c2ccc3c(c2)OCCO3)C(=O)O1. The molecular formula is C13H12N2O4. The second-order valence-corrected chi connectivity index (χ2v) is 4.27. The number of amides is 1. The van der Waals surface area contributed by atoms with E-state index in [9.17, 15) is 4.79 Å². The molecule has 0 aliphatic carbocycles. The highest BCUT2D eigenvalue weighted by molar-refractivity contribution is 5.89. The van der Waals surface area contributed by atoms with Crippen molar-refractivity contribution in [2.45, 2.75) is 12.5 Å². The van der Waals surface area contributed by atoms with Gasteiger partial charge in [0, 0.05) is 19.0 Å². The molecule has 0 N–H and O–H groups in total. The number of cyclic esters (lactones) is 1. The number of ether oxygens (including phenoxy) is 3. The molecule has 1 fully saturated rings. The fraction of sp³-hybridized carbons (Fsp3) is 0.385. The first-order valence-electron chi connectivity index (χ1n) is 6.05. The van der Waals surface area contributed by atoms with E-state index in [1.807, 2.05) is 6.07 Å². The molecule has 0 saturated carbocycles. The summed E-state index contributed by atoms with van der Waals surface area (Å²) in [6.07, 6.45) is -0.660. The molecule has 19 heavy (non-hydrogen) atoms. The van der Waals surface area contributed by atoms with Crippen molar-refractivity contribution in [2.75, 3.05) is 24.7 Å². The molecule has 1 unspecified atom stereocenters. The molecule has 98 valence electrons. The zero-order valence-electron chi connectivity index (χ0n) is 10.2. The summed E-state index contributed by atoms with van der Waals surface area (Å²) < 4.78 is 15.9. The Hall–Kier alpha value is -2.42. The number of nitrogens with zero attached hydrogens (tertiary/aromatic N) is 2. The monoisotopic (exact) mass is 260 g/mol. The molecule has 1 aromatic rings. The third-order valence-corrected chi connectivity index (χ3v) is 3.06. The van der Waals surface area contributed by atoms with E-state index in [2.05, 4.69) is 0 Å². The molecule has 1 aromatic carbocycles. The zero-order valence-corrected chi connectivity index (χ0v) is 10.2. The summed E-state index contributed by atoms with van der Waals surface area (Å²) in [6.45, 7) is 1.48. The molecule has 1 atom stereocenters. The van der Waals surface area contributed by atoms with Crippen molar-refractivity contribution >= 4 is 11.8 Å². The van der Waals surface area contributed by atoms with Gasteiger partial charge in [-0.3, -0.25) is 4.90 Å². The Morgan fingerprint density at radius 3 is 2.79 bits per heavy atom. The van der Waals surface area contributed by atoms with Gasteiger partial charge in [0.15, 0.2) is 17.6 Å². The normalized spacial score (nSPS) is 21.5. The molecular weight excluding hydrogens is 248 g/mol. The van der Waals surface area contributed by atoms with E-state index < -0.39 is 12.2 Å². The van der Waals surface area contributed by atoms with Gasteiger partial charge < -0.3 is 14.2 Å². The lowest BCUT2D eigenvalue weighted by Gasteiger charge is -2.29. The van der Waals surface area contributed by atoms with Gasteiger partial charge in [0.1, 0.15) is 19.3 Å². The van der Waals surface area contributed by atoms with E-state index in [4.69, 9.17) is 19.5 Å². The van der Waals surface area contributed by atoms with Crippen molar-refractivity contribution < 1.29 is 19.0 Å². The quantitative estimate of drug-likeness (QED) is 0.768. The number of hydrogen-bond acceptors (Lipinski definition) is 5. The highest BCUT2D eigenvalue weighted by atomic mass is 16.6. The number of benzene rings is 1. The number of rotatable bonds is 1. The van der Waals surface area contributed by atoms with Gasteiger partial charge in [-0.2, -0.15) is 5.26 Å². The largest absolute Gasteiger partial charge is 0.486 e. The highest BCUT2D eigenvalue weighted by Gasteiger charge is 2.28. The van der Waals surface area contributed by atoms with Crippen LogP contribution in [0.5, 0.6) is 11.5 Å². The first-order chi connectivity index (χ1) is 9.28. The number of anilines is 1. The summed E-state index contributed by atoms with van der Waals surface area (Å²) in [5, 5.41) is 8.74.